The summed E-state index contributed by atoms with van der Waals surface area (Å²) in [7, 11) is 0. The molecule has 1 amide bonds. The largest absolute Gasteiger partial charge is 0.484 e. The first-order chi connectivity index (χ1) is 14.9. The van der Waals surface area contributed by atoms with Crippen molar-refractivity contribution in [3.63, 3.8) is 0 Å². The van der Waals surface area contributed by atoms with E-state index >= 15 is 0 Å². The molecule has 3 aromatic rings. The molecule has 0 aliphatic rings. The number of hydrogen-bond donors (Lipinski definition) is 1. The molecule has 1 N–H and O–H groups in total. The van der Waals surface area contributed by atoms with Crippen LogP contribution in [-0.2, 0) is 4.79 Å². The maximum absolute atomic E-state index is 12.9. The molecule has 0 saturated carbocycles. The quantitative estimate of drug-likeness (QED) is 0.229. The number of hydrogen-bond acceptors (Lipinski definition) is 5. The van der Waals surface area contributed by atoms with Crippen molar-refractivity contribution in [2.45, 2.75) is 6.92 Å². The molecule has 0 radical (unpaired) electrons. The summed E-state index contributed by atoms with van der Waals surface area (Å²) in [6.45, 7) is 1.59. The van der Waals surface area contributed by atoms with Crippen molar-refractivity contribution in [3.8, 4) is 11.5 Å². The van der Waals surface area contributed by atoms with Crippen LogP contribution in [0.5, 0.6) is 11.5 Å². The summed E-state index contributed by atoms with van der Waals surface area (Å²) in [6.07, 6.45) is 1.36. The lowest BCUT2D eigenvalue weighted by molar-refractivity contribution is -0.123. The van der Waals surface area contributed by atoms with Crippen LogP contribution in [0.25, 0.3) is 0 Å². The lowest BCUT2D eigenvalue weighted by atomic mass is 10.1. The zero-order valence-corrected chi connectivity index (χ0v) is 18.1. The van der Waals surface area contributed by atoms with Crippen molar-refractivity contribution in [1.29, 1.82) is 0 Å². The first-order valence-corrected chi connectivity index (χ1v) is 9.99. The number of amides is 1. The van der Waals surface area contributed by atoms with Crippen molar-refractivity contribution in [1.82, 2.24) is 5.43 Å². The fraction of sp³-hybridized carbons (Fsp3) is 0.0870. The molecule has 0 spiro atoms. The van der Waals surface area contributed by atoms with E-state index in [9.17, 15) is 14.0 Å². The van der Waals surface area contributed by atoms with E-state index < -0.39 is 17.7 Å². The number of carbonyl (C=O) groups is 2. The number of aryl methyl sites for hydroxylation is 1. The van der Waals surface area contributed by atoms with E-state index in [1.54, 1.807) is 36.4 Å². The molecule has 31 heavy (non-hydrogen) atoms. The van der Waals surface area contributed by atoms with Gasteiger partial charge in [0, 0.05) is 10.0 Å². The van der Waals surface area contributed by atoms with Crippen molar-refractivity contribution in [2.24, 2.45) is 5.10 Å². The summed E-state index contributed by atoms with van der Waals surface area (Å²) in [5, 5.41) is 3.89. The maximum atomic E-state index is 12.9. The van der Waals surface area contributed by atoms with Gasteiger partial charge in [-0.1, -0.05) is 33.6 Å². The number of esters is 1. The second-order valence-corrected chi connectivity index (χ2v) is 7.39. The minimum Gasteiger partial charge on any atom is -0.484 e. The van der Waals surface area contributed by atoms with Gasteiger partial charge in [-0.25, -0.2) is 14.6 Å². The fourth-order valence-corrected chi connectivity index (χ4v) is 2.91. The van der Waals surface area contributed by atoms with Crippen LogP contribution >= 0.6 is 15.9 Å². The summed E-state index contributed by atoms with van der Waals surface area (Å²) >= 11 is 3.36. The molecule has 0 atom stereocenters. The number of nitrogens with one attached hydrogen (secondary N) is 1. The van der Waals surface area contributed by atoms with Gasteiger partial charge in [-0.3, -0.25) is 4.79 Å². The highest BCUT2D eigenvalue weighted by atomic mass is 79.9. The number of benzene rings is 3. The van der Waals surface area contributed by atoms with Crippen LogP contribution in [0.1, 0.15) is 21.5 Å². The Hall–Kier alpha value is -3.52. The van der Waals surface area contributed by atoms with Gasteiger partial charge in [-0.15, -0.1) is 0 Å². The minimum atomic E-state index is -0.506. The predicted octanol–water partition coefficient (Wildman–Crippen LogP) is 4.64. The van der Waals surface area contributed by atoms with Gasteiger partial charge >= 0.3 is 5.97 Å². The lowest BCUT2D eigenvalue weighted by Gasteiger charge is -2.08. The van der Waals surface area contributed by atoms with E-state index in [4.69, 9.17) is 9.47 Å². The highest BCUT2D eigenvalue weighted by molar-refractivity contribution is 9.10. The Balaban J connectivity index is 1.61. The Labute approximate surface area is 186 Å². The molecule has 0 aliphatic carbocycles. The monoisotopic (exact) mass is 484 g/mol. The van der Waals surface area contributed by atoms with Crippen LogP contribution in [0, 0.1) is 12.7 Å². The molecule has 0 saturated heterocycles. The third-order valence-corrected chi connectivity index (χ3v) is 4.50. The number of rotatable bonds is 7. The minimum absolute atomic E-state index is 0.287. The van der Waals surface area contributed by atoms with Gasteiger partial charge in [-0.05, 0) is 61.5 Å². The Morgan fingerprint density at radius 3 is 2.61 bits per heavy atom. The van der Waals surface area contributed by atoms with Crippen LogP contribution in [0.3, 0.4) is 0 Å². The first-order valence-electron chi connectivity index (χ1n) is 9.19. The van der Waals surface area contributed by atoms with Gasteiger partial charge in [0.1, 0.15) is 17.3 Å². The van der Waals surface area contributed by atoms with Gasteiger partial charge in [0.15, 0.2) is 6.61 Å². The summed E-state index contributed by atoms with van der Waals surface area (Å²) < 4.78 is 24.4. The second kappa shape index (κ2) is 10.5. The maximum Gasteiger partial charge on any atom is 0.343 e. The fourth-order valence-electron chi connectivity index (χ4n) is 2.53. The third kappa shape index (κ3) is 6.75. The number of ether oxygens (including phenoxy) is 2. The molecule has 8 heteroatoms. The molecule has 0 fully saturated rings. The number of nitrogens with zero attached hydrogens (tertiary/aromatic N) is 1. The molecule has 0 aromatic heterocycles. The zero-order chi connectivity index (χ0) is 22.2. The highest BCUT2D eigenvalue weighted by Gasteiger charge is 2.12. The van der Waals surface area contributed by atoms with E-state index in [1.165, 1.54) is 30.5 Å². The van der Waals surface area contributed by atoms with E-state index in [0.29, 0.717) is 16.9 Å². The average Bonchev–Trinajstić information content (AvgIpc) is 2.75. The molecular formula is C23H18BrFN2O4. The van der Waals surface area contributed by atoms with Crippen LogP contribution in [0.4, 0.5) is 4.39 Å². The summed E-state index contributed by atoms with van der Waals surface area (Å²) in [6, 6.07) is 17.4. The topological polar surface area (TPSA) is 77.0 Å². The Morgan fingerprint density at radius 2 is 1.87 bits per heavy atom. The van der Waals surface area contributed by atoms with Gasteiger partial charge in [0.25, 0.3) is 5.91 Å². The summed E-state index contributed by atoms with van der Waals surface area (Å²) in [5.41, 5.74) is 4.18. The Morgan fingerprint density at radius 1 is 1.10 bits per heavy atom. The Bertz CT molecular complexity index is 1120. The molecule has 0 heterocycles. The van der Waals surface area contributed by atoms with E-state index in [2.05, 4.69) is 26.5 Å². The van der Waals surface area contributed by atoms with Crippen molar-refractivity contribution in [2.75, 3.05) is 6.61 Å². The standard InChI is InChI=1S/C23H18BrFN2O4/c1-15-3-2-4-16(11-15)23(29)31-21-10-5-18(24)12-17(21)13-26-27-22(28)14-30-20-8-6-19(25)7-9-20/h2-13H,14H2,1H3,(H,27,28)/b26-13+. The molecule has 3 rings (SSSR count). The van der Waals surface area contributed by atoms with Crippen LogP contribution in [0.2, 0.25) is 0 Å². The molecule has 0 bridgehead atoms. The molecule has 158 valence electrons. The van der Waals surface area contributed by atoms with Crippen molar-refractivity contribution >= 4 is 34.0 Å². The van der Waals surface area contributed by atoms with E-state index in [1.807, 2.05) is 13.0 Å². The van der Waals surface area contributed by atoms with Crippen molar-refractivity contribution < 1.29 is 23.5 Å². The predicted molar refractivity (Wildman–Crippen MR) is 118 cm³/mol. The van der Waals surface area contributed by atoms with Crippen LogP contribution in [-0.4, -0.2) is 24.7 Å². The SMILES string of the molecule is Cc1cccc(C(=O)Oc2ccc(Br)cc2/C=N/NC(=O)COc2ccc(F)cc2)c1. The van der Waals surface area contributed by atoms with E-state index in [0.717, 1.165) is 10.0 Å². The first kappa shape index (κ1) is 22.2. The third-order valence-electron chi connectivity index (χ3n) is 4.00. The van der Waals surface area contributed by atoms with Gasteiger partial charge in [0.05, 0.1) is 11.8 Å². The van der Waals surface area contributed by atoms with Gasteiger partial charge < -0.3 is 9.47 Å². The normalized spacial score (nSPS) is 10.7. The summed E-state index contributed by atoms with van der Waals surface area (Å²) in [4.78, 5) is 24.3. The number of carbonyl (C=O) groups excluding carboxylic acids is 2. The van der Waals surface area contributed by atoms with E-state index in [-0.39, 0.29) is 12.4 Å². The highest BCUT2D eigenvalue weighted by Crippen LogP contribution is 2.23. The summed E-state index contributed by atoms with van der Waals surface area (Å²) in [5.74, 6) is -0.756. The lowest BCUT2D eigenvalue weighted by Crippen LogP contribution is -2.24. The Kier molecular flexibility index (Phi) is 7.50. The smallest absolute Gasteiger partial charge is 0.343 e. The van der Waals surface area contributed by atoms with Gasteiger partial charge in [0.2, 0.25) is 0 Å². The molecule has 0 unspecified atom stereocenters. The zero-order valence-electron chi connectivity index (χ0n) is 16.5. The second-order valence-electron chi connectivity index (χ2n) is 6.48. The van der Waals surface area contributed by atoms with Crippen LogP contribution < -0.4 is 14.9 Å². The van der Waals surface area contributed by atoms with Crippen molar-refractivity contribution in [3.05, 3.63) is 93.7 Å². The average molecular weight is 485 g/mol. The molecule has 3 aromatic carbocycles. The number of halogens is 2. The molecule has 6 nitrogen and oxygen atoms in total. The molecular weight excluding hydrogens is 467 g/mol. The van der Waals surface area contributed by atoms with Crippen LogP contribution in [0.15, 0.2) is 76.3 Å². The molecule has 0 aliphatic heterocycles. The number of hydrazone groups is 1. The van der Waals surface area contributed by atoms with Gasteiger partial charge in [-0.2, -0.15) is 5.10 Å².